The maximum absolute atomic E-state index is 11.6. The van der Waals surface area contributed by atoms with Crippen LogP contribution in [-0.4, -0.2) is 47.3 Å². The van der Waals surface area contributed by atoms with Crippen LogP contribution in [0.15, 0.2) is 0 Å². The molecule has 0 radical (unpaired) electrons. The summed E-state index contributed by atoms with van der Waals surface area (Å²) in [7, 11) is -4.00. The van der Waals surface area contributed by atoms with E-state index in [4.69, 9.17) is 13.6 Å². The van der Waals surface area contributed by atoms with Gasteiger partial charge in [-0.25, -0.2) is 0 Å². The van der Waals surface area contributed by atoms with Crippen molar-refractivity contribution in [2.45, 2.75) is 109 Å². The Morgan fingerprint density at radius 2 is 1.21 bits per heavy atom. The van der Waals surface area contributed by atoms with Crippen molar-refractivity contribution in [2.75, 3.05) is 0 Å². The van der Waals surface area contributed by atoms with E-state index in [1.807, 2.05) is 6.92 Å². The lowest BCUT2D eigenvalue weighted by Gasteiger charge is -2.43. The molecule has 0 aromatic heterocycles. The number of rotatable bonds is 5. The summed E-state index contributed by atoms with van der Waals surface area (Å²) < 4.78 is 19.1. The van der Waals surface area contributed by atoms with Crippen molar-refractivity contribution in [3.05, 3.63) is 0 Å². The second kappa shape index (κ2) is 6.95. The summed E-state index contributed by atoms with van der Waals surface area (Å²) in [5.41, 5.74) is 0. The summed E-state index contributed by atoms with van der Waals surface area (Å²) in [6.45, 7) is 24.2. The van der Waals surface area contributed by atoms with Gasteiger partial charge < -0.3 is 18.4 Å². The highest BCUT2D eigenvalue weighted by Gasteiger charge is 2.52. The van der Waals surface area contributed by atoms with E-state index in [1.165, 1.54) is 0 Å². The number of hydrogen-bond acceptors (Lipinski definition) is 4. The molecule has 4 atom stereocenters. The van der Waals surface area contributed by atoms with Crippen LogP contribution in [0.5, 0.6) is 0 Å². The summed E-state index contributed by atoms with van der Waals surface area (Å²) in [6, 6.07) is 0. The van der Waals surface area contributed by atoms with Gasteiger partial charge in [-0.2, -0.15) is 0 Å². The van der Waals surface area contributed by atoms with E-state index < -0.39 is 22.7 Å². The molecule has 142 valence electrons. The van der Waals surface area contributed by atoms with Gasteiger partial charge in [0.05, 0.1) is 12.2 Å². The summed E-state index contributed by atoms with van der Waals surface area (Å²) in [6.07, 6.45) is -0.292. The smallest absolute Gasteiger partial charge is 0.192 e. The minimum Gasteiger partial charge on any atom is -0.409 e. The van der Waals surface area contributed by atoms with Gasteiger partial charge in [-0.1, -0.05) is 41.5 Å². The molecule has 0 aliphatic carbocycles. The van der Waals surface area contributed by atoms with Gasteiger partial charge in [0, 0.05) is 0 Å². The average molecular weight is 375 g/mol. The number of carbonyl (C=O) groups is 1. The second-order valence-electron chi connectivity index (χ2n) is 10.1. The lowest BCUT2D eigenvalue weighted by atomic mass is 10.1. The van der Waals surface area contributed by atoms with Crippen molar-refractivity contribution in [3.8, 4) is 0 Å². The monoisotopic (exact) mass is 374 g/mol. The molecule has 24 heavy (non-hydrogen) atoms. The Morgan fingerprint density at radius 3 is 1.54 bits per heavy atom. The highest BCUT2D eigenvalue weighted by molar-refractivity contribution is 6.74. The highest BCUT2D eigenvalue weighted by Crippen LogP contribution is 2.43. The van der Waals surface area contributed by atoms with Crippen molar-refractivity contribution in [3.63, 3.8) is 0 Å². The number of hydrogen-bond donors (Lipinski definition) is 0. The molecule has 0 saturated carbocycles. The van der Waals surface area contributed by atoms with Gasteiger partial charge in [0.25, 0.3) is 0 Å². The number of carbonyl (C=O) groups excluding carboxylic acids is 1. The first-order valence-electron chi connectivity index (χ1n) is 9.00. The van der Waals surface area contributed by atoms with E-state index in [1.54, 1.807) is 0 Å². The van der Waals surface area contributed by atoms with Gasteiger partial charge in [0.2, 0.25) is 0 Å². The van der Waals surface area contributed by atoms with E-state index in [2.05, 4.69) is 67.7 Å². The van der Waals surface area contributed by atoms with Crippen LogP contribution in [0.1, 0.15) is 48.5 Å². The van der Waals surface area contributed by atoms with Crippen LogP contribution >= 0.6 is 0 Å². The van der Waals surface area contributed by atoms with Crippen LogP contribution in [0.3, 0.4) is 0 Å². The molecule has 0 bridgehead atoms. The number of aldehydes is 1. The largest absolute Gasteiger partial charge is 0.409 e. The van der Waals surface area contributed by atoms with Crippen LogP contribution in [0, 0.1) is 0 Å². The third-order valence-corrected chi connectivity index (χ3v) is 15.0. The third kappa shape index (κ3) is 4.58. The first-order chi connectivity index (χ1) is 10.5. The normalized spacial score (nSPS) is 29.8. The zero-order valence-corrected chi connectivity index (χ0v) is 19.5. The summed E-state index contributed by atoms with van der Waals surface area (Å²) in [5, 5.41) is 0.182. The van der Waals surface area contributed by atoms with E-state index >= 15 is 0 Å². The molecule has 1 saturated heterocycles. The number of ether oxygens (including phenoxy) is 1. The van der Waals surface area contributed by atoms with Gasteiger partial charge in [-0.05, 0) is 43.2 Å². The molecule has 1 heterocycles. The van der Waals surface area contributed by atoms with Crippen LogP contribution in [-0.2, 0) is 18.4 Å². The lowest BCUT2D eigenvalue weighted by molar-refractivity contribution is -0.120. The quantitative estimate of drug-likeness (QED) is 0.514. The maximum Gasteiger partial charge on any atom is 0.192 e. The topological polar surface area (TPSA) is 44.8 Å². The molecule has 1 aliphatic heterocycles. The molecule has 0 unspecified atom stereocenters. The van der Waals surface area contributed by atoms with Crippen LogP contribution in [0.4, 0.5) is 0 Å². The Hall–Kier alpha value is -0.0162. The van der Waals surface area contributed by atoms with Gasteiger partial charge >= 0.3 is 0 Å². The molecular formula is C18H38O4Si2. The molecule has 0 amide bonds. The van der Waals surface area contributed by atoms with Gasteiger partial charge in [-0.15, -0.1) is 0 Å². The highest BCUT2D eigenvalue weighted by atomic mass is 28.4. The van der Waals surface area contributed by atoms with Crippen molar-refractivity contribution < 1.29 is 18.4 Å². The Morgan fingerprint density at radius 1 is 0.833 bits per heavy atom. The Labute approximate surface area is 150 Å². The molecule has 0 spiro atoms. The predicted octanol–water partition coefficient (Wildman–Crippen LogP) is 4.75. The second-order valence-corrected chi connectivity index (χ2v) is 19.6. The van der Waals surface area contributed by atoms with Crippen LogP contribution in [0.2, 0.25) is 36.3 Å². The first-order valence-corrected chi connectivity index (χ1v) is 14.8. The van der Waals surface area contributed by atoms with Crippen molar-refractivity contribution in [1.82, 2.24) is 0 Å². The van der Waals surface area contributed by atoms with Gasteiger partial charge in [-0.3, -0.25) is 0 Å². The van der Waals surface area contributed by atoms with Crippen molar-refractivity contribution in [1.29, 1.82) is 0 Å². The molecule has 0 aromatic carbocycles. The van der Waals surface area contributed by atoms with Crippen LogP contribution < -0.4 is 0 Å². The molecule has 1 rings (SSSR count). The van der Waals surface area contributed by atoms with E-state index in [9.17, 15) is 4.79 Å². The van der Waals surface area contributed by atoms with E-state index in [0.29, 0.717) is 0 Å². The zero-order valence-electron chi connectivity index (χ0n) is 17.5. The average Bonchev–Trinajstić information content (AvgIpc) is 2.63. The fraction of sp³-hybridized carbons (Fsp3) is 0.944. The Kier molecular flexibility index (Phi) is 6.38. The maximum atomic E-state index is 11.6. The Balaban J connectivity index is 3.10. The minimum absolute atomic E-state index is 0.0772. The first kappa shape index (κ1) is 22.0. The standard InChI is InChI=1S/C18H38O4Si2/c1-13-15(21-23(8,9)17(2,3)4)16(14(12-19)20-13)22-24(10,11)18(5,6)7/h12-16H,1-11H3/t13-,14-,15-,16-/m0/s1. The molecule has 6 heteroatoms. The summed E-state index contributed by atoms with van der Waals surface area (Å²) in [4.78, 5) is 11.6. The molecule has 1 aliphatic rings. The van der Waals surface area contributed by atoms with Crippen LogP contribution in [0.25, 0.3) is 0 Å². The minimum atomic E-state index is -2.02. The molecular weight excluding hydrogens is 336 g/mol. The van der Waals surface area contributed by atoms with Crippen molar-refractivity contribution in [2.24, 2.45) is 0 Å². The molecule has 0 aromatic rings. The van der Waals surface area contributed by atoms with E-state index in [-0.39, 0.29) is 28.4 Å². The van der Waals surface area contributed by atoms with Gasteiger partial charge in [0.1, 0.15) is 12.2 Å². The summed E-state index contributed by atoms with van der Waals surface area (Å²) >= 11 is 0. The fourth-order valence-corrected chi connectivity index (χ4v) is 4.96. The molecule has 4 nitrogen and oxygen atoms in total. The molecule has 1 fully saturated rings. The fourth-order valence-electron chi connectivity index (χ4n) is 2.30. The lowest BCUT2D eigenvalue weighted by Crippen LogP contribution is -2.54. The van der Waals surface area contributed by atoms with E-state index in [0.717, 1.165) is 6.29 Å². The SMILES string of the molecule is C[C@@H]1O[C@@H](C=O)[C@H](O[Si](C)(C)C(C)(C)C)[C@H]1O[Si](C)(C)C(C)(C)C. The third-order valence-electron chi connectivity index (χ3n) is 6.09. The zero-order chi connectivity index (χ0) is 19.1. The Bertz CT molecular complexity index is 449. The summed E-state index contributed by atoms with van der Waals surface area (Å²) in [5.74, 6) is 0. The predicted molar refractivity (Wildman–Crippen MR) is 105 cm³/mol. The van der Waals surface area contributed by atoms with Crippen molar-refractivity contribution >= 4 is 22.9 Å². The molecule has 0 N–H and O–H groups in total. The van der Waals surface area contributed by atoms with Gasteiger partial charge in [0.15, 0.2) is 22.9 Å².